The van der Waals surface area contributed by atoms with Crippen molar-refractivity contribution in [1.29, 1.82) is 0 Å². The van der Waals surface area contributed by atoms with Gasteiger partial charge in [0.1, 0.15) is 5.82 Å². The van der Waals surface area contributed by atoms with Crippen LogP contribution >= 0.6 is 46.4 Å². The number of aromatic nitrogens is 1. The molecule has 6 heteroatoms. The Hall–Kier alpha value is -0.670. The topological polar surface area (TPSA) is 38.9 Å². The normalized spacial score (nSPS) is 10.7. The molecule has 0 saturated heterocycles. The predicted octanol–water partition coefficient (Wildman–Crippen LogP) is 5.25. The lowest BCUT2D eigenvalue weighted by Gasteiger charge is -2.11. The summed E-state index contributed by atoms with van der Waals surface area (Å²) in [5.41, 5.74) is 7.79. The Morgan fingerprint density at radius 2 is 1.56 bits per heavy atom. The second-order valence-electron chi connectivity index (χ2n) is 3.77. The Bertz CT molecular complexity index is 600. The Morgan fingerprint density at radius 1 is 1.00 bits per heavy atom. The molecule has 0 amide bonds. The number of nitrogen functional groups attached to an aromatic ring is 1. The van der Waals surface area contributed by atoms with Crippen LogP contribution in [0.5, 0.6) is 0 Å². The largest absolute Gasteiger partial charge is 0.383 e. The molecular formula is C12H8Cl4N2. The van der Waals surface area contributed by atoms with Crippen molar-refractivity contribution in [2.75, 3.05) is 5.73 Å². The standard InChI is InChI=1S/C12H8Cl4N2/c1-5-2-6(4-18-12(5)17)9-10(15)7(13)3-8(14)11(9)16/h2-4H,1H3,(H2,17,18). The summed E-state index contributed by atoms with van der Waals surface area (Å²) >= 11 is 24.3. The first-order chi connectivity index (χ1) is 8.41. The second-order valence-corrected chi connectivity index (χ2v) is 5.34. The number of hydrogen-bond donors (Lipinski definition) is 1. The number of nitrogens with two attached hydrogens (primary N) is 1. The van der Waals surface area contributed by atoms with Crippen molar-refractivity contribution in [2.45, 2.75) is 6.92 Å². The molecule has 0 aliphatic heterocycles. The lowest BCUT2D eigenvalue weighted by atomic mass is 10.1. The Kier molecular flexibility index (Phi) is 3.93. The van der Waals surface area contributed by atoms with E-state index in [1.165, 1.54) is 6.07 Å². The van der Waals surface area contributed by atoms with Crippen molar-refractivity contribution >= 4 is 52.2 Å². The number of nitrogens with zero attached hydrogens (tertiary/aromatic N) is 1. The molecule has 2 aromatic rings. The van der Waals surface area contributed by atoms with Gasteiger partial charge in [-0.1, -0.05) is 46.4 Å². The summed E-state index contributed by atoms with van der Waals surface area (Å²) in [4.78, 5) is 4.07. The zero-order chi connectivity index (χ0) is 13.4. The molecule has 0 radical (unpaired) electrons. The number of aryl methyl sites for hydroxylation is 1. The van der Waals surface area contributed by atoms with Crippen LogP contribution in [0.4, 0.5) is 5.82 Å². The Morgan fingerprint density at radius 3 is 2.06 bits per heavy atom. The lowest BCUT2D eigenvalue weighted by Crippen LogP contribution is -1.95. The molecular weight excluding hydrogens is 314 g/mol. The zero-order valence-corrected chi connectivity index (χ0v) is 12.3. The number of benzene rings is 1. The third-order valence-corrected chi connectivity index (χ3v) is 4.09. The molecule has 2 N–H and O–H groups in total. The summed E-state index contributed by atoms with van der Waals surface area (Å²) < 4.78 is 0. The molecule has 18 heavy (non-hydrogen) atoms. The van der Waals surface area contributed by atoms with Gasteiger partial charge in [0.15, 0.2) is 0 Å². The first-order valence-corrected chi connectivity index (χ1v) is 6.48. The van der Waals surface area contributed by atoms with E-state index in [1.807, 2.05) is 13.0 Å². The number of rotatable bonds is 1. The molecule has 0 aliphatic rings. The zero-order valence-electron chi connectivity index (χ0n) is 9.27. The lowest BCUT2D eigenvalue weighted by molar-refractivity contribution is 1.28. The van der Waals surface area contributed by atoms with Crippen molar-refractivity contribution in [2.24, 2.45) is 0 Å². The first kappa shape index (κ1) is 13.8. The predicted molar refractivity (Wildman–Crippen MR) is 78.9 cm³/mol. The van der Waals surface area contributed by atoms with Gasteiger partial charge in [0, 0.05) is 17.3 Å². The van der Waals surface area contributed by atoms with E-state index in [1.54, 1.807) is 6.20 Å². The molecule has 94 valence electrons. The number of pyridine rings is 1. The quantitative estimate of drug-likeness (QED) is 0.728. The fourth-order valence-corrected chi connectivity index (χ4v) is 2.58. The molecule has 1 aromatic carbocycles. The summed E-state index contributed by atoms with van der Waals surface area (Å²) in [5, 5.41) is 1.38. The molecule has 0 fully saturated rings. The number of anilines is 1. The summed E-state index contributed by atoms with van der Waals surface area (Å²) in [5.74, 6) is 0.458. The molecule has 2 nitrogen and oxygen atoms in total. The van der Waals surface area contributed by atoms with Crippen LogP contribution < -0.4 is 5.73 Å². The van der Waals surface area contributed by atoms with Crippen LogP contribution in [0.25, 0.3) is 11.1 Å². The van der Waals surface area contributed by atoms with Crippen molar-refractivity contribution in [3.63, 3.8) is 0 Å². The molecule has 0 spiro atoms. The number of hydrogen-bond acceptors (Lipinski definition) is 2. The fourth-order valence-electron chi connectivity index (χ4n) is 1.55. The van der Waals surface area contributed by atoms with Gasteiger partial charge in [0.2, 0.25) is 0 Å². The van der Waals surface area contributed by atoms with Crippen LogP contribution in [0.1, 0.15) is 5.56 Å². The average Bonchev–Trinajstić information content (AvgIpc) is 2.31. The monoisotopic (exact) mass is 320 g/mol. The van der Waals surface area contributed by atoms with Gasteiger partial charge in [-0.05, 0) is 24.6 Å². The second kappa shape index (κ2) is 5.14. The van der Waals surface area contributed by atoms with Gasteiger partial charge in [0.05, 0.1) is 20.1 Å². The Labute approximate surface area is 125 Å². The highest BCUT2D eigenvalue weighted by molar-refractivity contribution is 6.50. The van der Waals surface area contributed by atoms with Crippen molar-refractivity contribution in [3.8, 4) is 11.1 Å². The van der Waals surface area contributed by atoms with Crippen molar-refractivity contribution < 1.29 is 0 Å². The third-order valence-electron chi connectivity index (χ3n) is 2.52. The van der Waals surface area contributed by atoms with E-state index >= 15 is 0 Å². The van der Waals surface area contributed by atoms with E-state index in [4.69, 9.17) is 52.1 Å². The van der Waals surface area contributed by atoms with Gasteiger partial charge in [-0.2, -0.15) is 0 Å². The molecule has 0 aliphatic carbocycles. The van der Waals surface area contributed by atoms with Crippen LogP contribution in [-0.4, -0.2) is 4.98 Å². The summed E-state index contributed by atoms with van der Waals surface area (Å²) in [6.07, 6.45) is 1.59. The SMILES string of the molecule is Cc1cc(-c2c(Cl)c(Cl)cc(Cl)c2Cl)cnc1N. The molecule has 0 bridgehead atoms. The highest BCUT2D eigenvalue weighted by Crippen LogP contribution is 2.43. The van der Waals surface area contributed by atoms with Crippen LogP contribution in [-0.2, 0) is 0 Å². The van der Waals surface area contributed by atoms with E-state index in [0.717, 1.165) is 11.1 Å². The summed E-state index contributed by atoms with van der Waals surface area (Å²) in [6.45, 7) is 1.85. The Balaban J connectivity index is 2.74. The summed E-state index contributed by atoms with van der Waals surface area (Å²) in [7, 11) is 0. The highest BCUT2D eigenvalue weighted by atomic mass is 35.5. The van der Waals surface area contributed by atoms with Crippen LogP contribution in [0.3, 0.4) is 0 Å². The van der Waals surface area contributed by atoms with E-state index in [2.05, 4.69) is 4.98 Å². The minimum absolute atomic E-state index is 0.343. The smallest absolute Gasteiger partial charge is 0.126 e. The molecule has 2 rings (SSSR count). The van der Waals surface area contributed by atoms with Crippen LogP contribution in [0.2, 0.25) is 20.1 Å². The van der Waals surface area contributed by atoms with E-state index in [-0.39, 0.29) is 0 Å². The van der Waals surface area contributed by atoms with Gasteiger partial charge in [-0.25, -0.2) is 4.98 Å². The van der Waals surface area contributed by atoms with Gasteiger partial charge < -0.3 is 5.73 Å². The van der Waals surface area contributed by atoms with Gasteiger partial charge >= 0.3 is 0 Å². The molecule has 0 atom stereocenters. The maximum atomic E-state index is 6.16. The minimum atomic E-state index is 0.343. The van der Waals surface area contributed by atoms with Crippen LogP contribution in [0.15, 0.2) is 18.3 Å². The maximum Gasteiger partial charge on any atom is 0.126 e. The van der Waals surface area contributed by atoms with E-state index < -0.39 is 0 Å². The van der Waals surface area contributed by atoms with Gasteiger partial charge in [0.25, 0.3) is 0 Å². The van der Waals surface area contributed by atoms with Gasteiger partial charge in [-0.15, -0.1) is 0 Å². The fraction of sp³-hybridized carbons (Fsp3) is 0.0833. The number of halogens is 4. The average molecular weight is 322 g/mol. The van der Waals surface area contributed by atoms with E-state index in [0.29, 0.717) is 31.5 Å². The minimum Gasteiger partial charge on any atom is -0.383 e. The maximum absolute atomic E-state index is 6.16. The van der Waals surface area contributed by atoms with Gasteiger partial charge in [-0.3, -0.25) is 0 Å². The molecule has 1 heterocycles. The third kappa shape index (κ3) is 2.39. The van der Waals surface area contributed by atoms with Crippen LogP contribution in [0, 0.1) is 6.92 Å². The summed E-state index contributed by atoms with van der Waals surface area (Å²) in [6, 6.07) is 3.34. The highest BCUT2D eigenvalue weighted by Gasteiger charge is 2.16. The molecule has 0 saturated carbocycles. The van der Waals surface area contributed by atoms with E-state index in [9.17, 15) is 0 Å². The molecule has 0 unspecified atom stereocenters. The van der Waals surface area contributed by atoms with Crippen molar-refractivity contribution in [1.82, 2.24) is 4.98 Å². The first-order valence-electron chi connectivity index (χ1n) is 4.97. The molecule has 1 aromatic heterocycles. The van der Waals surface area contributed by atoms with Crippen molar-refractivity contribution in [3.05, 3.63) is 44.0 Å².